The molecule has 3 aliphatic rings. The van der Waals surface area contributed by atoms with Crippen LogP contribution in [0.5, 0.6) is 0 Å². The van der Waals surface area contributed by atoms with E-state index in [1.165, 1.54) is 0 Å². The Balaban J connectivity index is 1.30. The molecule has 3 heterocycles. The number of hydrogen-bond donors (Lipinski definition) is 0. The van der Waals surface area contributed by atoms with E-state index in [1.54, 1.807) is 0 Å². The normalized spacial score (nSPS) is 21.4. The fourth-order valence-corrected chi connectivity index (χ4v) is 5.07. The van der Waals surface area contributed by atoms with Crippen molar-refractivity contribution in [3.8, 4) is 0 Å². The maximum atomic E-state index is 12.7. The Kier molecular flexibility index (Phi) is 7.36. The van der Waals surface area contributed by atoms with E-state index in [0.29, 0.717) is 50.7 Å². The van der Waals surface area contributed by atoms with Gasteiger partial charge in [-0.3, -0.25) is 4.90 Å². The van der Waals surface area contributed by atoms with Crippen molar-refractivity contribution in [2.75, 3.05) is 57.4 Å². The van der Waals surface area contributed by atoms with Crippen LogP contribution in [-0.2, 0) is 16.0 Å². The van der Waals surface area contributed by atoms with Crippen LogP contribution in [0.1, 0.15) is 18.4 Å². The van der Waals surface area contributed by atoms with Gasteiger partial charge in [-0.1, -0.05) is 17.7 Å². The summed E-state index contributed by atoms with van der Waals surface area (Å²) in [6.07, 6.45) is -15.8. The molecule has 35 heavy (non-hydrogen) atoms. The van der Waals surface area contributed by atoms with Crippen LogP contribution in [0, 0.1) is 5.41 Å². The summed E-state index contributed by atoms with van der Waals surface area (Å²) in [5.41, 5.74) is 1.87. The lowest BCUT2D eigenvalue weighted by Crippen LogP contribution is -2.62. The van der Waals surface area contributed by atoms with Gasteiger partial charge in [0.05, 0.1) is 13.2 Å². The molecule has 1 aromatic rings. The minimum atomic E-state index is -5.72. The Bertz CT molecular complexity index is 893. The molecular formula is C22H26ClF6N3O3. The average molecular weight is 530 g/mol. The maximum absolute atomic E-state index is 12.7. The molecule has 1 amide bonds. The molecule has 0 bridgehead atoms. The van der Waals surface area contributed by atoms with Gasteiger partial charge >= 0.3 is 18.4 Å². The van der Waals surface area contributed by atoms with Gasteiger partial charge in [0.15, 0.2) is 0 Å². The summed E-state index contributed by atoms with van der Waals surface area (Å²) < 4.78 is 85.2. The lowest BCUT2D eigenvalue weighted by atomic mass is 9.72. The summed E-state index contributed by atoms with van der Waals surface area (Å²) in [7, 11) is 0. The number of carbonyl (C=O) groups is 1. The van der Waals surface area contributed by atoms with E-state index in [0.717, 1.165) is 29.2 Å². The zero-order valence-corrected chi connectivity index (χ0v) is 19.6. The van der Waals surface area contributed by atoms with Crippen LogP contribution in [0.3, 0.4) is 0 Å². The Morgan fingerprint density at radius 2 is 1.63 bits per heavy atom. The Hall–Kier alpha value is -1.92. The number of likely N-dealkylation sites (tertiary alicyclic amines) is 2. The zero-order valence-electron chi connectivity index (χ0n) is 18.8. The third-order valence-electron chi connectivity index (χ3n) is 6.83. The van der Waals surface area contributed by atoms with E-state index in [-0.39, 0.29) is 18.5 Å². The van der Waals surface area contributed by atoms with Crippen molar-refractivity contribution in [1.82, 2.24) is 9.80 Å². The van der Waals surface area contributed by atoms with Crippen molar-refractivity contribution in [1.29, 1.82) is 0 Å². The topological polar surface area (TPSA) is 45.2 Å². The molecule has 3 saturated heterocycles. The van der Waals surface area contributed by atoms with Crippen molar-refractivity contribution in [3.63, 3.8) is 0 Å². The van der Waals surface area contributed by atoms with Gasteiger partial charge in [0.25, 0.3) is 6.10 Å². The molecule has 3 aliphatic heterocycles. The van der Waals surface area contributed by atoms with E-state index in [2.05, 4.69) is 14.5 Å². The number of rotatable bonds is 4. The van der Waals surface area contributed by atoms with Crippen molar-refractivity contribution >= 4 is 23.4 Å². The van der Waals surface area contributed by atoms with Crippen LogP contribution in [-0.4, -0.2) is 86.8 Å². The molecule has 0 radical (unpaired) electrons. The van der Waals surface area contributed by atoms with Crippen LogP contribution < -0.4 is 4.90 Å². The second-order valence-electron chi connectivity index (χ2n) is 9.35. The first-order chi connectivity index (χ1) is 16.4. The van der Waals surface area contributed by atoms with Gasteiger partial charge in [0.1, 0.15) is 0 Å². The summed E-state index contributed by atoms with van der Waals surface area (Å²) in [6, 6.07) is 5.78. The highest BCUT2D eigenvalue weighted by atomic mass is 35.5. The number of hydrogen-bond acceptors (Lipinski definition) is 5. The first-order valence-electron chi connectivity index (χ1n) is 11.3. The molecule has 1 aromatic carbocycles. The fraction of sp³-hybridized carbons (Fsp3) is 0.682. The quantitative estimate of drug-likeness (QED) is 0.529. The summed E-state index contributed by atoms with van der Waals surface area (Å²) in [5.74, 6) is 0. The molecule has 0 aliphatic carbocycles. The van der Waals surface area contributed by atoms with Gasteiger partial charge in [0, 0.05) is 48.8 Å². The third-order valence-corrected chi connectivity index (χ3v) is 7.07. The van der Waals surface area contributed by atoms with Crippen molar-refractivity contribution in [3.05, 3.63) is 28.8 Å². The molecule has 3 fully saturated rings. The molecule has 13 heteroatoms. The highest BCUT2D eigenvalue weighted by molar-refractivity contribution is 6.30. The number of piperidine rings is 1. The monoisotopic (exact) mass is 529 g/mol. The first kappa shape index (κ1) is 26.2. The third kappa shape index (κ3) is 6.08. The van der Waals surface area contributed by atoms with Gasteiger partial charge < -0.3 is 19.3 Å². The van der Waals surface area contributed by atoms with Crippen LogP contribution in [0.4, 0.5) is 36.8 Å². The smallest absolute Gasteiger partial charge is 0.426 e. The van der Waals surface area contributed by atoms with Gasteiger partial charge in [-0.2, -0.15) is 26.3 Å². The number of nitrogens with zero attached hydrogens (tertiary/aromatic N) is 3. The SMILES string of the molecule is O=C(OC(C(F)(F)F)C(F)(F)F)N1CC2(CCN(Cc3ccc(Cl)cc3N3CCOCC3)CC2)C1. The Morgan fingerprint density at radius 3 is 2.20 bits per heavy atom. The van der Waals surface area contributed by atoms with Crippen LogP contribution in [0.2, 0.25) is 5.02 Å². The lowest BCUT2D eigenvalue weighted by molar-refractivity contribution is -0.309. The number of amides is 1. The van der Waals surface area contributed by atoms with E-state index >= 15 is 0 Å². The molecule has 0 saturated carbocycles. The molecule has 6 nitrogen and oxygen atoms in total. The summed E-state index contributed by atoms with van der Waals surface area (Å²) in [4.78, 5) is 17.3. The van der Waals surface area contributed by atoms with Crippen molar-refractivity contribution in [2.24, 2.45) is 5.41 Å². The van der Waals surface area contributed by atoms with Crippen LogP contribution in [0.25, 0.3) is 0 Å². The molecule has 0 unspecified atom stereocenters. The molecule has 0 atom stereocenters. The number of halogens is 7. The number of alkyl halides is 6. The zero-order chi connectivity index (χ0) is 25.4. The van der Waals surface area contributed by atoms with Gasteiger partial charge in [-0.25, -0.2) is 4.79 Å². The molecule has 0 aromatic heterocycles. The lowest BCUT2D eigenvalue weighted by Gasteiger charge is -2.53. The fourth-order valence-electron chi connectivity index (χ4n) is 4.90. The van der Waals surface area contributed by atoms with Gasteiger partial charge in [-0.15, -0.1) is 0 Å². The molecular weight excluding hydrogens is 504 g/mol. The summed E-state index contributed by atoms with van der Waals surface area (Å²) in [5, 5.41) is 0.646. The van der Waals surface area contributed by atoms with Gasteiger partial charge in [-0.05, 0) is 43.6 Å². The van der Waals surface area contributed by atoms with E-state index < -0.39 is 24.5 Å². The number of ether oxygens (including phenoxy) is 2. The summed E-state index contributed by atoms with van der Waals surface area (Å²) >= 11 is 6.22. The minimum absolute atomic E-state index is 0.0854. The van der Waals surface area contributed by atoms with E-state index in [1.807, 2.05) is 18.2 Å². The largest absolute Gasteiger partial charge is 0.434 e. The predicted molar refractivity (Wildman–Crippen MR) is 115 cm³/mol. The van der Waals surface area contributed by atoms with Gasteiger partial charge in [0.2, 0.25) is 0 Å². The number of anilines is 1. The highest BCUT2D eigenvalue weighted by Crippen LogP contribution is 2.43. The van der Waals surface area contributed by atoms with Crippen LogP contribution >= 0.6 is 11.6 Å². The standard InChI is InChI=1S/C22H26ClF6N3O3/c23-16-2-1-15(17(11-16)31-7-9-34-10-8-31)12-30-5-3-20(4-6-30)13-32(14-20)19(33)35-18(21(24,25)26)22(27,28)29/h1-2,11,18H,3-10,12-14H2. The average Bonchev–Trinajstić information content (AvgIpc) is 2.76. The highest BCUT2D eigenvalue weighted by Gasteiger charge is 2.61. The first-order valence-corrected chi connectivity index (χ1v) is 11.7. The second-order valence-corrected chi connectivity index (χ2v) is 9.79. The number of carbonyl (C=O) groups excluding carboxylic acids is 1. The Labute approximate surface area is 203 Å². The van der Waals surface area contributed by atoms with Crippen molar-refractivity contribution < 1.29 is 40.6 Å². The van der Waals surface area contributed by atoms with Crippen LogP contribution in [0.15, 0.2) is 18.2 Å². The van der Waals surface area contributed by atoms with E-state index in [4.69, 9.17) is 16.3 Å². The van der Waals surface area contributed by atoms with Crippen molar-refractivity contribution in [2.45, 2.75) is 37.8 Å². The molecule has 4 rings (SSSR count). The molecule has 0 N–H and O–H groups in total. The number of benzene rings is 1. The number of morpholine rings is 1. The summed E-state index contributed by atoms with van der Waals surface area (Å²) in [6.45, 7) is 5.07. The predicted octanol–water partition coefficient (Wildman–Crippen LogP) is 4.70. The molecule has 1 spiro atoms. The Morgan fingerprint density at radius 1 is 1.03 bits per heavy atom. The molecule has 196 valence electrons. The minimum Gasteiger partial charge on any atom is -0.426 e. The second kappa shape index (κ2) is 9.85. The maximum Gasteiger partial charge on any atom is 0.434 e. The van der Waals surface area contributed by atoms with E-state index in [9.17, 15) is 31.1 Å².